The van der Waals surface area contributed by atoms with Crippen LogP contribution < -0.4 is 0 Å². The second kappa shape index (κ2) is 18.5. The third-order valence-electron chi connectivity index (χ3n) is 11.6. The molecule has 1 aromatic heterocycles. The van der Waals surface area contributed by atoms with Crippen LogP contribution in [0, 0.1) is 0 Å². The number of hydrogen-bond acceptors (Lipinski definition) is 1. The lowest BCUT2D eigenvalue weighted by molar-refractivity contribution is 0.673. The number of furan rings is 1. The van der Waals surface area contributed by atoms with E-state index in [2.05, 4.69) is 0 Å². The first-order chi connectivity index (χ1) is 53.6. The van der Waals surface area contributed by atoms with Gasteiger partial charge in [0.15, 0.2) is 0 Å². The second-order valence-electron chi connectivity index (χ2n) is 15.3. The molecule has 0 amide bonds. The molecule has 0 aliphatic rings. The average Bonchev–Trinajstić information content (AvgIpc) is 1.53. The SMILES string of the molecule is C.C.[2H]c1c([2H])c([2H])c(-c2c3c([2H])c([2H])c([2H])c([2H])c3c(-c3c([2H])c([2H])c([2H])c4oc5c6c([2H])c([2H])c([2H])c([2H])c6c([2H])c([2H])c5c34)c3c([2H])c([2H])c([2H])c([2H])c23)c([2H])c1[2H].[2H]c1c([2H])c([2H])c2c([2H])c(-c3c4c([2H])c([2H])c([2H])c([2H])c4c(-c4c([2H])c([2H])c([2H])c5c([2H])c([2H])c([2H])c([2H])c45)c4c([2H])c([2H])c([2H])c([2H])c34)c([2H])c([2H])c2c1[2H]. The van der Waals surface area contributed by atoms with E-state index in [-0.39, 0.29) is 14.9 Å². The first-order valence-electron chi connectivity index (χ1n) is 42.9. The molecule has 15 aromatic rings. The number of rotatable bonds is 4. The lowest BCUT2D eigenvalue weighted by Gasteiger charge is -2.19. The average molecular weight is 977 g/mol. The minimum atomic E-state index is -0.915. The molecule has 0 atom stereocenters. The summed E-state index contributed by atoms with van der Waals surface area (Å²) in [4.78, 5) is 0. The zero-order valence-corrected chi connectivity index (χ0v) is 35.4. The fraction of sp³-hybridized carbons (Fsp3) is 0.0278. The smallest absolute Gasteiger partial charge is 0.143 e. The summed E-state index contributed by atoms with van der Waals surface area (Å²) < 4.78 is 393. The highest BCUT2D eigenvalue weighted by atomic mass is 16.3. The Labute approximate surface area is 487 Å². The van der Waals surface area contributed by atoms with Crippen LogP contribution in [-0.2, 0) is 0 Å². The second-order valence-corrected chi connectivity index (χ2v) is 15.3. The summed E-state index contributed by atoms with van der Waals surface area (Å²) in [7, 11) is 0. The maximum atomic E-state index is 9.36. The Balaban J connectivity index is 0.000000212. The van der Waals surface area contributed by atoms with E-state index in [4.69, 9.17) is 51.0 Å². The molecule has 1 heteroatoms. The predicted octanol–water partition coefficient (Wildman–Crippen LogP) is 21.3. The molecule has 0 aliphatic heterocycles. The van der Waals surface area contributed by atoms with Gasteiger partial charge >= 0.3 is 0 Å². The Kier molecular flexibility index (Phi) is 4.50. The summed E-state index contributed by atoms with van der Waals surface area (Å²) in [5, 5.41) is -8.96. The monoisotopic (exact) mass is 977 g/mol. The van der Waals surface area contributed by atoms with Crippen molar-refractivity contribution in [1.82, 2.24) is 0 Å². The summed E-state index contributed by atoms with van der Waals surface area (Å²) in [5.41, 5.74) is -6.11. The molecule has 73 heavy (non-hydrogen) atoms. The number of benzene rings is 14. The van der Waals surface area contributed by atoms with Gasteiger partial charge in [0.1, 0.15) is 11.2 Å². The summed E-state index contributed by atoms with van der Waals surface area (Å²) in [5.74, 6) is 0. The van der Waals surface area contributed by atoms with Crippen LogP contribution in [0.3, 0.4) is 0 Å². The molecule has 0 aliphatic carbocycles. The molecule has 0 N–H and O–H groups in total. The molecular weight excluding hydrogens is 881 g/mol. The van der Waals surface area contributed by atoms with Crippen molar-refractivity contribution in [3.8, 4) is 44.5 Å². The summed E-state index contributed by atoms with van der Waals surface area (Å²) in [6.07, 6.45) is 0. The molecule has 346 valence electrons. The van der Waals surface area contributed by atoms with E-state index in [0.29, 0.717) is 0 Å². The van der Waals surface area contributed by atoms with E-state index in [0.717, 1.165) is 0 Å². The van der Waals surface area contributed by atoms with Gasteiger partial charge in [0.25, 0.3) is 0 Å². The van der Waals surface area contributed by atoms with Crippen molar-refractivity contribution in [1.29, 1.82) is 0 Å². The topological polar surface area (TPSA) is 13.1 Å². The van der Waals surface area contributed by atoms with E-state index in [1.165, 1.54) is 0 Å². The number of hydrogen-bond donors (Lipinski definition) is 0. The van der Waals surface area contributed by atoms with Gasteiger partial charge in [-0.05, 0) is 133 Å². The standard InChI is InChI=1S/C36H22O.C34H22.2CH4/c1-2-12-24(13-3-1)33-26-15-6-8-17-28(26)34(29-18-9-7-16-27(29)33)30-19-10-20-32-35(30)31-22-21-23-11-4-5-14-25(23)36(31)37-32;1-2-12-25-22-26(21-20-23(25)10-1)33-29-15-5-7-17-31(29)34(32-18-8-6-16-30(32)33)28-19-9-13-24-11-3-4-14-27(24)28;;/h1-22H;1-22H;2*1H4/i2*1D,2D,3D,4D,5D,6D,7D,8D,9D,10D,11D,12D,13D,14D,15D,16D,17D,18D,19D,20D,21D,22D;;. The Morgan fingerprint density at radius 3 is 1.23 bits per heavy atom. The Hall–Kier alpha value is -9.30. The molecule has 0 fully saturated rings. The van der Waals surface area contributed by atoms with Crippen molar-refractivity contribution < 1.29 is 64.7 Å². The normalized spacial score (nSPS) is 19.8. The maximum absolute atomic E-state index is 9.36. The van der Waals surface area contributed by atoms with Crippen LogP contribution in [0.5, 0.6) is 0 Å². The summed E-state index contributed by atoms with van der Waals surface area (Å²) >= 11 is 0. The molecule has 1 nitrogen and oxygen atoms in total. The Morgan fingerprint density at radius 2 is 0.644 bits per heavy atom. The third kappa shape index (κ3) is 7.32. The maximum Gasteiger partial charge on any atom is 0.143 e. The third-order valence-corrected chi connectivity index (χ3v) is 11.6. The molecule has 0 unspecified atom stereocenters. The van der Waals surface area contributed by atoms with Crippen molar-refractivity contribution in [2.24, 2.45) is 0 Å². The Morgan fingerprint density at radius 1 is 0.247 bits per heavy atom. The molecular formula is C72H52O. The van der Waals surface area contributed by atoms with E-state index in [9.17, 15) is 13.7 Å². The van der Waals surface area contributed by atoms with Gasteiger partial charge in [-0.15, -0.1) is 0 Å². The van der Waals surface area contributed by atoms with Crippen molar-refractivity contribution >= 4 is 97.3 Å². The first kappa shape index (κ1) is 17.8. The van der Waals surface area contributed by atoms with Gasteiger partial charge in [-0.2, -0.15) is 0 Å². The zero-order chi connectivity index (χ0) is 85.1. The molecule has 0 radical (unpaired) electrons. The lowest BCUT2D eigenvalue weighted by Crippen LogP contribution is -1.91. The van der Waals surface area contributed by atoms with Crippen LogP contribution >= 0.6 is 0 Å². The van der Waals surface area contributed by atoms with Gasteiger partial charge < -0.3 is 4.42 Å². The van der Waals surface area contributed by atoms with Crippen LogP contribution in [0.4, 0.5) is 0 Å². The largest absolute Gasteiger partial charge is 0.455 e. The van der Waals surface area contributed by atoms with Crippen molar-refractivity contribution in [2.45, 2.75) is 14.9 Å². The molecule has 14 aromatic carbocycles. The van der Waals surface area contributed by atoms with Crippen LogP contribution in [0.15, 0.2) is 270 Å². The fourth-order valence-electron chi connectivity index (χ4n) is 8.69. The summed E-state index contributed by atoms with van der Waals surface area (Å²) in [6.45, 7) is 0. The molecule has 15 rings (SSSR count). The minimum absolute atomic E-state index is 0. The highest BCUT2D eigenvalue weighted by Gasteiger charge is 2.22. The van der Waals surface area contributed by atoms with E-state index in [1.807, 2.05) is 0 Å². The van der Waals surface area contributed by atoms with Gasteiger partial charge in [0, 0.05) is 16.2 Å². The van der Waals surface area contributed by atoms with Gasteiger partial charge in [-0.1, -0.05) is 263 Å². The molecule has 1 heterocycles. The highest BCUT2D eigenvalue weighted by molar-refractivity contribution is 6.27. The van der Waals surface area contributed by atoms with Crippen LogP contribution in [0.1, 0.15) is 75.2 Å². The van der Waals surface area contributed by atoms with Crippen molar-refractivity contribution in [3.05, 3.63) is 266 Å². The van der Waals surface area contributed by atoms with Gasteiger partial charge in [0.2, 0.25) is 0 Å². The Bertz CT molecular complexity index is 7050. The van der Waals surface area contributed by atoms with Crippen LogP contribution in [-0.4, -0.2) is 0 Å². The predicted molar refractivity (Wildman–Crippen MR) is 318 cm³/mol. The highest BCUT2D eigenvalue weighted by Crippen LogP contribution is 2.49. The van der Waals surface area contributed by atoms with Gasteiger partial charge in [-0.3, -0.25) is 0 Å². The van der Waals surface area contributed by atoms with E-state index < -0.39 is 408 Å². The van der Waals surface area contributed by atoms with Gasteiger partial charge in [-0.25, -0.2) is 0 Å². The minimum Gasteiger partial charge on any atom is -0.455 e. The van der Waals surface area contributed by atoms with E-state index >= 15 is 0 Å². The molecule has 0 spiro atoms. The zero-order valence-electron chi connectivity index (χ0n) is 79.4. The fourth-order valence-corrected chi connectivity index (χ4v) is 8.69. The lowest BCUT2D eigenvalue weighted by atomic mass is 9.84. The van der Waals surface area contributed by atoms with Gasteiger partial charge in [0.05, 0.1) is 60.3 Å². The summed E-state index contributed by atoms with van der Waals surface area (Å²) in [6, 6.07) is -37.4. The van der Waals surface area contributed by atoms with E-state index in [1.54, 1.807) is 0 Å². The van der Waals surface area contributed by atoms with Crippen LogP contribution in [0.25, 0.3) is 142 Å². The first-order valence-corrected chi connectivity index (χ1v) is 20.9. The van der Waals surface area contributed by atoms with Crippen molar-refractivity contribution in [2.75, 3.05) is 0 Å². The quantitative estimate of drug-likeness (QED) is 0.160. The molecule has 0 bridgehead atoms. The van der Waals surface area contributed by atoms with Crippen LogP contribution in [0.2, 0.25) is 0 Å². The molecule has 0 saturated heterocycles. The van der Waals surface area contributed by atoms with Crippen molar-refractivity contribution in [3.63, 3.8) is 0 Å². The number of fused-ring (bicyclic) bond motifs is 11. The molecule has 0 saturated carbocycles.